The number of aryl methyl sites for hydroxylation is 1. The molecule has 1 saturated carbocycles. The van der Waals surface area contributed by atoms with Gasteiger partial charge < -0.3 is 20.1 Å². The van der Waals surface area contributed by atoms with Crippen LogP contribution in [0.25, 0.3) is 0 Å². The molecule has 6 heteroatoms. The summed E-state index contributed by atoms with van der Waals surface area (Å²) in [5, 5.41) is 0. The third-order valence-corrected chi connectivity index (χ3v) is 3.88. The second-order valence-electron chi connectivity index (χ2n) is 5.60. The van der Waals surface area contributed by atoms with Gasteiger partial charge in [0, 0.05) is 19.6 Å². The van der Waals surface area contributed by atoms with Gasteiger partial charge in [0.2, 0.25) is 0 Å². The van der Waals surface area contributed by atoms with E-state index in [1.165, 1.54) is 18.4 Å². The summed E-state index contributed by atoms with van der Waals surface area (Å²) in [6.07, 6.45) is 4.39. The molecule has 0 spiro atoms. The maximum Gasteiger partial charge on any atom is 0.191 e. The third kappa shape index (κ3) is 6.08. The number of hydrogen-bond donors (Lipinski definition) is 1. The van der Waals surface area contributed by atoms with Gasteiger partial charge in [-0.15, -0.1) is 24.0 Å². The molecule has 0 aliphatic heterocycles. The Morgan fingerprint density at radius 3 is 2.70 bits per heavy atom. The molecular formula is C17H28IN3O2. The number of nitrogens with two attached hydrogens (primary N) is 1. The van der Waals surface area contributed by atoms with E-state index in [-0.39, 0.29) is 24.0 Å². The van der Waals surface area contributed by atoms with Crippen LogP contribution in [-0.4, -0.2) is 44.2 Å². The van der Waals surface area contributed by atoms with Crippen molar-refractivity contribution >= 4 is 29.9 Å². The number of benzene rings is 1. The van der Waals surface area contributed by atoms with Crippen molar-refractivity contribution in [3.8, 4) is 11.5 Å². The Kier molecular flexibility index (Phi) is 8.51. The molecule has 0 heterocycles. The molecule has 0 unspecified atom stereocenters. The normalized spacial score (nSPS) is 14.1. The molecule has 0 bridgehead atoms. The summed E-state index contributed by atoms with van der Waals surface area (Å²) in [7, 11) is 3.68. The minimum absolute atomic E-state index is 0. The van der Waals surface area contributed by atoms with Gasteiger partial charge in [0.05, 0.1) is 13.7 Å². The fourth-order valence-electron chi connectivity index (χ4n) is 2.38. The van der Waals surface area contributed by atoms with E-state index in [1.54, 1.807) is 7.11 Å². The van der Waals surface area contributed by atoms with Crippen molar-refractivity contribution < 1.29 is 9.47 Å². The highest BCUT2D eigenvalue weighted by molar-refractivity contribution is 14.0. The first-order chi connectivity index (χ1) is 10.7. The summed E-state index contributed by atoms with van der Waals surface area (Å²) >= 11 is 0. The van der Waals surface area contributed by atoms with Crippen molar-refractivity contribution in [3.05, 3.63) is 23.8 Å². The van der Waals surface area contributed by atoms with Crippen LogP contribution in [0.1, 0.15) is 31.7 Å². The van der Waals surface area contributed by atoms with Crippen LogP contribution in [0.15, 0.2) is 23.2 Å². The largest absolute Gasteiger partial charge is 0.493 e. The average molecular weight is 433 g/mol. The fourth-order valence-corrected chi connectivity index (χ4v) is 2.38. The van der Waals surface area contributed by atoms with Crippen molar-refractivity contribution in [2.45, 2.75) is 38.6 Å². The number of rotatable bonds is 8. The van der Waals surface area contributed by atoms with Crippen molar-refractivity contribution in [3.63, 3.8) is 0 Å². The van der Waals surface area contributed by atoms with E-state index in [9.17, 15) is 0 Å². The molecule has 0 atom stereocenters. The highest BCUT2D eigenvalue weighted by Crippen LogP contribution is 2.28. The Labute approximate surface area is 156 Å². The summed E-state index contributed by atoms with van der Waals surface area (Å²) in [5.74, 6) is 2.24. The molecule has 1 aromatic carbocycles. The van der Waals surface area contributed by atoms with Crippen LogP contribution in [0.4, 0.5) is 0 Å². The van der Waals surface area contributed by atoms with Crippen LogP contribution in [0.2, 0.25) is 0 Å². The highest BCUT2D eigenvalue weighted by Gasteiger charge is 2.27. The molecule has 0 aromatic heterocycles. The summed E-state index contributed by atoms with van der Waals surface area (Å²) in [4.78, 5) is 6.54. The van der Waals surface area contributed by atoms with Gasteiger partial charge >= 0.3 is 0 Å². The second-order valence-corrected chi connectivity index (χ2v) is 5.60. The monoisotopic (exact) mass is 433 g/mol. The fraction of sp³-hybridized carbons (Fsp3) is 0.588. The van der Waals surface area contributed by atoms with E-state index < -0.39 is 0 Å². The Bertz CT molecular complexity index is 519. The van der Waals surface area contributed by atoms with Crippen LogP contribution in [0, 0.1) is 0 Å². The van der Waals surface area contributed by atoms with E-state index in [0.717, 1.165) is 30.9 Å². The van der Waals surface area contributed by atoms with Crippen LogP contribution in [0.3, 0.4) is 0 Å². The van der Waals surface area contributed by atoms with E-state index in [2.05, 4.69) is 16.0 Å². The summed E-state index contributed by atoms with van der Waals surface area (Å²) in [5.41, 5.74) is 7.21. The van der Waals surface area contributed by atoms with Gasteiger partial charge in [0.25, 0.3) is 0 Å². The van der Waals surface area contributed by atoms with Crippen LogP contribution in [-0.2, 0) is 6.42 Å². The molecule has 130 valence electrons. The molecule has 1 fully saturated rings. The molecule has 1 aromatic rings. The minimum atomic E-state index is 0. The number of halogens is 1. The zero-order valence-electron chi connectivity index (χ0n) is 14.2. The van der Waals surface area contributed by atoms with Crippen molar-refractivity contribution in [1.82, 2.24) is 4.90 Å². The van der Waals surface area contributed by atoms with Gasteiger partial charge in [-0.1, -0.05) is 6.07 Å². The molecule has 23 heavy (non-hydrogen) atoms. The lowest BCUT2D eigenvalue weighted by Crippen LogP contribution is -2.35. The Morgan fingerprint density at radius 1 is 1.35 bits per heavy atom. The molecule has 0 saturated heterocycles. The van der Waals surface area contributed by atoms with Crippen LogP contribution in [0.5, 0.6) is 11.5 Å². The SMILES string of the molecule is CCOc1cc(CCCN=C(N)N(C)C2CC2)ccc1OC.I. The standard InChI is InChI=1S/C17H27N3O2.HI/c1-4-22-16-12-13(7-10-15(16)21-3)6-5-11-19-17(18)20(2)14-8-9-14;/h7,10,12,14H,4-6,8-9,11H2,1-3H3,(H2,18,19);1H. The van der Waals surface area contributed by atoms with E-state index in [1.807, 2.05) is 26.1 Å². The number of ether oxygens (including phenoxy) is 2. The molecule has 2 N–H and O–H groups in total. The van der Waals surface area contributed by atoms with Gasteiger partial charge in [0.1, 0.15) is 0 Å². The smallest absolute Gasteiger partial charge is 0.191 e. The number of aliphatic imine (C=N–C) groups is 1. The third-order valence-electron chi connectivity index (χ3n) is 3.88. The molecule has 1 aliphatic carbocycles. The lowest BCUT2D eigenvalue weighted by atomic mass is 10.1. The Morgan fingerprint density at radius 2 is 2.09 bits per heavy atom. The second kappa shape index (κ2) is 9.85. The van der Waals surface area contributed by atoms with Crippen molar-refractivity contribution in [1.29, 1.82) is 0 Å². The molecule has 2 rings (SSSR count). The summed E-state index contributed by atoms with van der Waals surface area (Å²) in [6, 6.07) is 6.69. The number of guanidine groups is 1. The lowest BCUT2D eigenvalue weighted by molar-refractivity contribution is 0.310. The van der Waals surface area contributed by atoms with Crippen LogP contribution >= 0.6 is 24.0 Å². The van der Waals surface area contributed by atoms with Crippen molar-refractivity contribution in [2.24, 2.45) is 10.7 Å². The predicted molar refractivity (Wildman–Crippen MR) is 105 cm³/mol. The zero-order valence-corrected chi connectivity index (χ0v) is 16.6. The first kappa shape index (κ1) is 19.9. The predicted octanol–water partition coefficient (Wildman–Crippen LogP) is 3.05. The molecule has 0 amide bonds. The number of methoxy groups -OCH3 is 1. The van der Waals surface area contributed by atoms with Gasteiger partial charge in [-0.2, -0.15) is 0 Å². The minimum Gasteiger partial charge on any atom is -0.493 e. The van der Waals surface area contributed by atoms with Gasteiger partial charge in [0.15, 0.2) is 17.5 Å². The van der Waals surface area contributed by atoms with Gasteiger partial charge in [-0.05, 0) is 50.3 Å². The molecule has 0 radical (unpaired) electrons. The van der Waals surface area contributed by atoms with E-state index in [4.69, 9.17) is 15.2 Å². The number of hydrogen-bond acceptors (Lipinski definition) is 3. The topological polar surface area (TPSA) is 60.1 Å². The van der Waals surface area contributed by atoms with Crippen molar-refractivity contribution in [2.75, 3.05) is 27.3 Å². The van der Waals surface area contributed by atoms with Crippen LogP contribution < -0.4 is 15.2 Å². The van der Waals surface area contributed by atoms with E-state index >= 15 is 0 Å². The average Bonchev–Trinajstić information content (AvgIpc) is 3.36. The Hall–Kier alpha value is -1.18. The van der Waals surface area contributed by atoms with Gasteiger partial charge in [-0.25, -0.2) is 0 Å². The maximum atomic E-state index is 5.98. The molecular weight excluding hydrogens is 405 g/mol. The summed E-state index contributed by atoms with van der Waals surface area (Å²) in [6.45, 7) is 3.35. The maximum absolute atomic E-state index is 5.98. The first-order valence-electron chi connectivity index (χ1n) is 7.98. The zero-order chi connectivity index (χ0) is 15.9. The quantitative estimate of drug-likeness (QED) is 0.296. The number of nitrogens with zero attached hydrogens (tertiary/aromatic N) is 2. The molecule has 5 nitrogen and oxygen atoms in total. The first-order valence-corrected chi connectivity index (χ1v) is 7.98. The lowest BCUT2D eigenvalue weighted by Gasteiger charge is -2.16. The van der Waals surface area contributed by atoms with E-state index in [0.29, 0.717) is 18.6 Å². The summed E-state index contributed by atoms with van der Waals surface area (Å²) < 4.78 is 10.9. The highest BCUT2D eigenvalue weighted by atomic mass is 127. The Balaban J connectivity index is 0.00000264. The molecule has 1 aliphatic rings. The van der Waals surface area contributed by atoms with Gasteiger partial charge in [-0.3, -0.25) is 4.99 Å².